The van der Waals surface area contributed by atoms with Crippen LogP contribution >= 0.6 is 11.5 Å². The van der Waals surface area contributed by atoms with Crippen molar-refractivity contribution in [2.24, 2.45) is 0 Å². The van der Waals surface area contributed by atoms with Gasteiger partial charge in [0.1, 0.15) is 0 Å². The number of rotatable bonds is 3. The smallest absolute Gasteiger partial charge is 0.379 e. The molecule has 1 aromatic heterocycles. The van der Waals surface area contributed by atoms with Crippen molar-refractivity contribution < 1.29 is 13.2 Å². The van der Waals surface area contributed by atoms with Crippen molar-refractivity contribution in [3.63, 3.8) is 0 Å². The van der Waals surface area contributed by atoms with E-state index in [1.807, 2.05) is 0 Å². The average Bonchev–Trinajstić information content (AvgIpc) is 2.78. The number of nitrogens with one attached hydrogen (secondary N) is 1. The molecule has 0 aliphatic rings. The molecule has 1 aromatic carbocycles. The van der Waals surface area contributed by atoms with E-state index in [0.717, 1.165) is 12.1 Å². The Balaban J connectivity index is 2.07. The Morgan fingerprint density at radius 2 is 2.12 bits per heavy atom. The molecule has 0 atom stereocenters. The lowest BCUT2D eigenvalue weighted by atomic mass is 10.2. The van der Waals surface area contributed by atoms with Gasteiger partial charge in [-0.3, -0.25) is 0 Å². The van der Waals surface area contributed by atoms with Gasteiger partial charge in [0.05, 0.1) is 17.8 Å². The second-order valence-corrected chi connectivity index (χ2v) is 3.94. The van der Waals surface area contributed by atoms with E-state index >= 15 is 0 Å². The number of anilines is 1. The van der Waals surface area contributed by atoms with Crippen LogP contribution in [0.3, 0.4) is 0 Å². The van der Waals surface area contributed by atoms with Gasteiger partial charge in [0.2, 0.25) is 0 Å². The Kier molecular flexibility index (Phi) is 3.28. The van der Waals surface area contributed by atoms with Crippen LogP contribution in [0.5, 0.6) is 0 Å². The molecule has 2 rings (SSSR count). The topological polar surface area (TPSA) is 37.8 Å². The van der Waals surface area contributed by atoms with E-state index in [1.165, 1.54) is 17.6 Å². The number of alkyl halides is 3. The molecular weight excluding hydrogens is 251 g/mol. The number of hydrogen-bond donors (Lipinski definition) is 1. The highest BCUT2D eigenvalue weighted by Gasteiger charge is 2.30. The van der Waals surface area contributed by atoms with Gasteiger partial charge in [-0.1, -0.05) is 10.6 Å². The molecule has 7 heteroatoms. The Hall–Kier alpha value is -1.63. The fourth-order valence-electron chi connectivity index (χ4n) is 1.26. The monoisotopic (exact) mass is 259 g/mol. The fraction of sp³-hybridized carbons (Fsp3) is 0.200. The van der Waals surface area contributed by atoms with Gasteiger partial charge in [0.25, 0.3) is 0 Å². The van der Waals surface area contributed by atoms with Gasteiger partial charge >= 0.3 is 6.18 Å². The van der Waals surface area contributed by atoms with E-state index in [2.05, 4.69) is 14.9 Å². The van der Waals surface area contributed by atoms with Gasteiger partial charge in [0, 0.05) is 11.1 Å². The zero-order valence-electron chi connectivity index (χ0n) is 8.53. The first-order valence-corrected chi connectivity index (χ1v) is 5.56. The van der Waals surface area contributed by atoms with Crippen LogP contribution in [0, 0.1) is 0 Å². The van der Waals surface area contributed by atoms with Gasteiger partial charge in [-0.15, -0.1) is 5.10 Å². The van der Waals surface area contributed by atoms with Gasteiger partial charge in [-0.25, -0.2) is 0 Å². The maximum absolute atomic E-state index is 12.4. The van der Waals surface area contributed by atoms with Crippen LogP contribution in [0.2, 0.25) is 0 Å². The highest BCUT2D eigenvalue weighted by molar-refractivity contribution is 7.03. The summed E-state index contributed by atoms with van der Waals surface area (Å²) in [6, 6.07) is 5.05. The Morgan fingerprint density at radius 3 is 2.76 bits per heavy atom. The van der Waals surface area contributed by atoms with Crippen molar-refractivity contribution in [1.82, 2.24) is 9.59 Å². The largest absolute Gasteiger partial charge is 0.416 e. The molecule has 17 heavy (non-hydrogen) atoms. The van der Waals surface area contributed by atoms with Crippen LogP contribution in [-0.4, -0.2) is 9.59 Å². The molecule has 0 bridgehead atoms. The van der Waals surface area contributed by atoms with E-state index in [4.69, 9.17) is 0 Å². The standard InChI is InChI=1S/C10H8F3N3S/c11-10(12,13)7-2-1-3-8(4-7)14-5-9-6-17-16-15-9/h1-4,6,14H,5H2. The predicted molar refractivity (Wildman–Crippen MR) is 58.7 cm³/mol. The first-order chi connectivity index (χ1) is 8.05. The zero-order chi connectivity index (χ0) is 12.3. The molecule has 0 aliphatic carbocycles. The summed E-state index contributed by atoms with van der Waals surface area (Å²) in [5.74, 6) is 0. The molecule has 0 aliphatic heterocycles. The highest BCUT2D eigenvalue weighted by atomic mass is 32.1. The molecule has 0 spiro atoms. The molecule has 0 saturated carbocycles. The van der Waals surface area contributed by atoms with Crippen molar-refractivity contribution in [2.45, 2.75) is 12.7 Å². The molecular formula is C10H8F3N3S. The van der Waals surface area contributed by atoms with Crippen LogP contribution in [-0.2, 0) is 12.7 Å². The normalized spacial score (nSPS) is 11.5. The maximum Gasteiger partial charge on any atom is 0.416 e. The molecule has 3 nitrogen and oxygen atoms in total. The van der Waals surface area contributed by atoms with Gasteiger partial charge < -0.3 is 5.32 Å². The second kappa shape index (κ2) is 4.70. The highest BCUT2D eigenvalue weighted by Crippen LogP contribution is 2.30. The minimum atomic E-state index is -4.32. The van der Waals surface area contributed by atoms with Crippen molar-refractivity contribution >= 4 is 17.2 Å². The molecule has 1 N–H and O–H groups in total. The lowest BCUT2D eigenvalue weighted by molar-refractivity contribution is -0.137. The van der Waals surface area contributed by atoms with E-state index in [-0.39, 0.29) is 0 Å². The van der Waals surface area contributed by atoms with Crippen LogP contribution in [0.1, 0.15) is 11.3 Å². The van der Waals surface area contributed by atoms with Gasteiger partial charge in [-0.05, 0) is 29.7 Å². The fourth-order valence-corrected chi connectivity index (χ4v) is 1.71. The zero-order valence-corrected chi connectivity index (χ0v) is 9.35. The third-order valence-corrected chi connectivity index (χ3v) is 2.62. The molecule has 90 valence electrons. The number of hydrogen-bond acceptors (Lipinski definition) is 4. The van der Waals surface area contributed by atoms with E-state index in [1.54, 1.807) is 11.4 Å². The first-order valence-electron chi connectivity index (χ1n) is 4.73. The lowest BCUT2D eigenvalue weighted by Gasteiger charge is -2.09. The number of aromatic nitrogens is 2. The molecule has 0 unspecified atom stereocenters. The minimum absolute atomic E-state index is 0.359. The molecule has 0 fully saturated rings. The van der Waals surface area contributed by atoms with Gasteiger partial charge in [0.15, 0.2) is 0 Å². The maximum atomic E-state index is 12.4. The summed E-state index contributed by atoms with van der Waals surface area (Å²) in [7, 11) is 0. The average molecular weight is 259 g/mol. The summed E-state index contributed by atoms with van der Waals surface area (Å²) in [5, 5.41) is 8.39. The SMILES string of the molecule is FC(F)(F)c1cccc(NCc2csnn2)c1. The van der Waals surface area contributed by atoms with Crippen molar-refractivity contribution in [2.75, 3.05) is 5.32 Å². The van der Waals surface area contributed by atoms with Crippen LogP contribution < -0.4 is 5.32 Å². The number of benzene rings is 1. The molecule has 0 amide bonds. The van der Waals surface area contributed by atoms with Crippen molar-refractivity contribution in [3.05, 3.63) is 40.9 Å². The molecule has 0 radical (unpaired) electrons. The Morgan fingerprint density at radius 1 is 1.29 bits per heavy atom. The van der Waals surface area contributed by atoms with Crippen molar-refractivity contribution in [3.8, 4) is 0 Å². The summed E-state index contributed by atoms with van der Waals surface area (Å²) in [6.45, 7) is 0.359. The van der Waals surface area contributed by atoms with Crippen LogP contribution in [0.4, 0.5) is 18.9 Å². The van der Waals surface area contributed by atoms with Crippen molar-refractivity contribution in [1.29, 1.82) is 0 Å². The van der Waals surface area contributed by atoms with E-state index in [0.29, 0.717) is 17.9 Å². The van der Waals surface area contributed by atoms with Crippen LogP contribution in [0.25, 0.3) is 0 Å². The molecule has 0 saturated heterocycles. The number of halogens is 3. The second-order valence-electron chi connectivity index (χ2n) is 3.33. The lowest BCUT2D eigenvalue weighted by Crippen LogP contribution is -2.06. The summed E-state index contributed by atoms with van der Waals surface area (Å²) in [6.07, 6.45) is -4.32. The molecule has 2 aromatic rings. The first kappa shape index (κ1) is 11.8. The quantitative estimate of drug-likeness (QED) is 0.920. The van der Waals surface area contributed by atoms with Gasteiger partial charge in [-0.2, -0.15) is 13.2 Å². The van der Waals surface area contributed by atoms with E-state index in [9.17, 15) is 13.2 Å². The number of nitrogens with zero attached hydrogens (tertiary/aromatic N) is 2. The summed E-state index contributed by atoms with van der Waals surface area (Å²) < 4.78 is 41.0. The third-order valence-electron chi connectivity index (χ3n) is 2.07. The Labute approximate surface area is 99.5 Å². The summed E-state index contributed by atoms with van der Waals surface area (Å²) >= 11 is 1.20. The molecule has 1 heterocycles. The summed E-state index contributed by atoms with van der Waals surface area (Å²) in [4.78, 5) is 0. The Bertz CT molecular complexity index is 482. The predicted octanol–water partition coefficient (Wildman–Crippen LogP) is 3.17. The van der Waals surface area contributed by atoms with Crippen LogP contribution in [0.15, 0.2) is 29.6 Å². The third kappa shape index (κ3) is 3.16. The van der Waals surface area contributed by atoms with E-state index < -0.39 is 11.7 Å². The summed E-state index contributed by atoms with van der Waals surface area (Å²) in [5.41, 5.74) is 0.444. The minimum Gasteiger partial charge on any atom is -0.379 e.